The largest absolute Gasteiger partial charge is 0.300 e. The van der Waals surface area contributed by atoms with E-state index >= 15 is 0 Å². The summed E-state index contributed by atoms with van der Waals surface area (Å²) in [5.41, 5.74) is 0. The van der Waals surface area contributed by atoms with Crippen molar-refractivity contribution in [1.82, 2.24) is 4.90 Å². The van der Waals surface area contributed by atoms with Crippen molar-refractivity contribution in [3.63, 3.8) is 0 Å². The van der Waals surface area contributed by atoms with Gasteiger partial charge in [-0.15, -0.1) is 0 Å². The molecule has 2 rings (SSSR count). The van der Waals surface area contributed by atoms with E-state index < -0.39 is 0 Å². The van der Waals surface area contributed by atoms with Crippen molar-refractivity contribution in [2.45, 2.75) is 38.1 Å². The highest BCUT2D eigenvalue weighted by Crippen LogP contribution is 2.35. The van der Waals surface area contributed by atoms with E-state index in [0.29, 0.717) is 6.04 Å². The first kappa shape index (κ1) is 7.60. The van der Waals surface area contributed by atoms with Crippen LogP contribution >= 0.6 is 0 Å². The average molecular weight is 152 g/mol. The SMILES string of the molecule is [CH2]C(C1CC1)N1CCCCC1. The van der Waals surface area contributed by atoms with E-state index in [1.54, 1.807) is 0 Å². The van der Waals surface area contributed by atoms with Gasteiger partial charge in [-0.25, -0.2) is 0 Å². The Morgan fingerprint density at radius 3 is 2.27 bits per heavy atom. The number of likely N-dealkylation sites (tertiary alicyclic amines) is 1. The maximum absolute atomic E-state index is 4.25. The number of nitrogens with zero attached hydrogens (tertiary/aromatic N) is 1. The Bertz CT molecular complexity index is 123. The molecule has 2 aliphatic rings. The van der Waals surface area contributed by atoms with E-state index in [1.807, 2.05) is 0 Å². The maximum Gasteiger partial charge on any atom is 0.0124 e. The van der Waals surface area contributed by atoms with Gasteiger partial charge in [-0.1, -0.05) is 6.42 Å². The van der Waals surface area contributed by atoms with Gasteiger partial charge >= 0.3 is 0 Å². The van der Waals surface area contributed by atoms with Gasteiger partial charge in [0.1, 0.15) is 0 Å². The first-order chi connectivity index (χ1) is 5.38. The van der Waals surface area contributed by atoms with Gasteiger partial charge in [0.25, 0.3) is 0 Å². The van der Waals surface area contributed by atoms with Crippen molar-refractivity contribution in [3.05, 3.63) is 6.92 Å². The standard InChI is InChI=1S/C10H18N/c1-9(10-5-6-10)11-7-3-2-4-8-11/h9-10H,1-8H2. The fraction of sp³-hybridized carbons (Fsp3) is 0.900. The molecular weight excluding hydrogens is 134 g/mol. The van der Waals surface area contributed by atoms with E-state index in [9.17, 15) is 0 Å². The molecule has 0 aromatic carbocycles. The predicted molar refractivity (Wildman–Crippen MR) is 47.3 cm³/mol. The summed E-state index contributed by atoms with van der Waals surface area (Å²) in [4.78, 5) is 2.58. The van der Waals surface area contributed by atoms with E-state index in [4.69, 9.17) is 0 Å². The molecule has 0 spiro atoms. The summed E-state index contributed by atoms with van der Waals surface area (Å²) in [5.74, 6) is 0.952. The van der Waals surface area contributed by atoms with Crippen LogP contribution in [0.5, 0.6) is 0 Å². The third-order valence-corrected chi connectivity index (χ3v) is 3.03. The zero-order valence-corrected chi connectivity index (χ0v) is 7.26. The number of piperidine rings is 1. The van der Waals surface area contributed by atoms with Crippen LogP contribution in [0, 0.1) is 12.8 Å². The average Bonchev–Trinajstić information content (AvgIpc) is 2.87. The Morgan fingerprint density at radius 2 is 1.73 bits per heavy atom. The Labute approximate surface area is 69.8 Å². The van der Waals surface area contributed by atoms with Crippen molar-refractivity contribution < 1.29 is 0 Å². The molecule has 1 atom stereocenters. The van der Waals surface area contributed by atoms with Gasteiger partial charge in [-0.05, 0) is 51.6 Å². The normalized spacial score (nSPS) is 30.3. The van der Waals surface area contributed by atoms with Crippen molar-refractivity contribution in [3.8, 4) is 0 Å². The minimum Gasteiger partial charge on any atom is -0.300 e. The van der Waals surface area contributed by atoms with Crippen LogP contribution in [0.25, 0.3) is 0 Å². The fourth-order valence-electron chi connectivity index (χ4n) is 2.03. The molecule has 1 saturated carbocycles. The van der Waals surface area contributed by atoms with Crippen molar-refractivity contribution >= 4 is 0 Å². The van der Waals surface area contributed by atoms with Gasteiger partial charge in [0.2, 0.25) is 0 Å². The molecule has 0 amide bonds. The molecule has 0 bridgehead atoms. The highest BCUT2D eigenvalue weighted by Gasteiger charge is 2.32. The predicted octanol–water partition coefficient (Wildman–Crippen LogP) is 2.08. The van der Waals surface area contributed by atoms with E-state index in [-0.39, 0.29) is 0 Å². The van der Waals surface area contributed by atoms with Gasteiger partial charge in [0.15, 0.2) is 0 Å². The zero-order valence-electron chi connectivity index (χ0n) is 7.26. The summed E-state index contributed by atoms with van der Waals surface area (Å²) in [5, 5.41) is 0. The van der Waals surface area contributed by atoms with Crippen LogP contribution in [0.15, 0.2) is 0 Å². The minimum absolute atomic E-state index is 0.648. The van der Waals surface area contributed by atoms with Crippen molar-refractivity contribution in [1.29, 1.82) is 0 Å². The third kappa shape index (κ3) is 1.76. The lowest BCUT2D eigenvalue weighted by Gasteiger charge is -2.32. The first-order valence-corrected chi connectivity index (χ1v) is 4.95. The lowest BCUT2D eigenvalue weighted by Crippen LogP contribution is -2.38. The molecule has 11 heavy (non-hydrogen) atoms. The molecule has 0 aromatic rings. The molecule has 0 aromatic heterocycles. The molecule has 1 saturated heterocycles. The molecule has 1 aliphatic heterocycles. The van der Waals surface area contributed by atoms with Gasteiger partial charge in [0.05, 0.1) is 0 Å². The molecule has 1 heterocycles. The molecule has 1 aliphatic carbocycles. The second-order valence-corrected chi connectivity index (χ2v) is 4.00. The highest BCUT2D eigenvalue weighted by molar-refractivity contribution is 4.90. The van der Waals surface area contributed by atoms with E-state index in [1.165, 1.54) is 45.2 Å². The Kier molecular flexibility index (Phi) is 2.17. The van der Waals surface area contributed by atoms with Crippen molar-refractivity contribution in [2.24, 2.45) is 5.92 Å². The summed E-state index contributed by atoms with van der Waals surface area (Å²) in [7, 11) is 0. The number of hydrogen-bond acceptors (Lipinski definition) is 1. The quantitative estimate of drug-likeness (QED) is 0.585. The molecule has 0 N–H and O–H groups in total. The van der Waals surface area contributed by atoms with Gasteiger partial charge in [0, 0.05) is 6.04 Å². The van der Waals surface area contributed by atoms with E-state index in [0.717, 1.165) is 5.92 Å². The topological polar surface area (TPSA) is 3.24 Å². The maximum atomic E-state index is 4.25. The summed E-state index contributed by atoms with van der Waals surface area (Å²) in [6, 6.07) is 0.648. The second-order valence-electron chi connectivity index (χ2n) is 4.00. The Balaban J connectivity index is 1.81. The molecule has 1 unspecified atom stereocenters. The van der Waals surface area contributed by atoms with E-state index in [2.05, 4.69) is 11.8 Å². The summed E-state index contributed by atoms with van der Waals surface area (Å²) in [6.07, 6.45) is 7.11. The van der Waals surface area contributed by atoms with Gasteiger partial charge in [-0.3, -0.25) is 0 Å². The summed E-state index contributed by atoms with van der Waals surface area (Å²) >= 11 is 0. The monoisotopic (exact) mass is 152 g/mol. The molecule has 1 nitrogen and oxygen atoms in total. The summed E-state index contributed by atoms with van der Waals surface area (Å²) in [6.45, 7) is 6.87. The third-order valence-electron chi connectivity index (χ3n) is 3.03. The Hall–Kier alpha value is -0.0400. The highest BCUT2D eigenvalue weighted by atomic mass is 15.2. The molecule has 2 fully saturated rings. The number of hydrogen-bond donors (Lipinski definition) is 0. The Morgan fingerprint density at radius 1 is 1.09 bits per heavy atom. The number of rotatable bonds is 2. The van der Waals surface area contributed by atoms with Crippen molar-refractivity contribution in [2.75, 3.05) is 13.1 Å². The second kappa shape index (κ2) is 3.14. The summed E-state index contributed by atoms with van der Waals surface area (Å²) < 4.78 is 0. The minimum atomic E-state index is 0.648. The molecule has 63 valence electrons. The van der Waals surface area contributed by atoms with Crippen LogP contribution in [0.1, 0.15) is 32.1 Å². The molecule has 1 radical (unpaired) electrons. The van der Waals surface area contributed by atoms with Gasteiger partial charge in [-0.2, -0.15) is 0 Å². The lowest BCUT2D eigenvalue weighted by atomic mass is 10.1. The van der Waals surface area contributed by atoms with Gasteiger partial charge < -0.3 is 4.90 Å². The molecule has 1 heteroatoms. The van der Waals surface area contributed by atoms with Crippen LogP contribution in [-0.2, 0) is 0 Å². The first-order valence-electron chi connectivity index (χ1n) is 4.95. The molecular formula is C10H18N. The van der Waals surface area contributed by atoms with Crippen LogP contribution in [-0.4, -0.2) is 24.0 Å². The smallest absolute Gasteiger partial charge is 0.0124 e. The van der Waals surface area contributed by atoms with Crippen LogP contribution in [0.4, 0.5) is 0 Å². The fourth-order valence-corrected chi connectivity index (χ4v) is 2.03. The lowest BCUT2D eigenvalue weighted by molar-refractivity contribution is 0.174. The zero-order chi connectivity index (χ0) is 7.68. The van der Waals surface area contributed by atoms with Crippen LogP contribution < -0.4 is 0 Å². The van der Waals surface area contributed by atoms with Crippen LogP contribution in [0.3, 0.4) is 0 Å². The van der Waals surface area contributed by atoms with Crippen LogP contribution in [0.2, 0.25) is 0 Å².